The fourth-order valence-corrected chi connectivity index (χ4v) is 3.08. The summed E-state index contributed by atoms with van der Waals surface area (Å²) >= 11 is 9.65. The van der Waals surface area contributed by atoms with E-state index in [9.17, 15) is 0 Å². The number of benzene rings is 1. The van der Waals surface area contributed by atoms with E-state index in [1.807, 2.05) is 12.1 Å². The van der Waals surface area contributed by atoms with Crippen LogP contribution in [0.15, 0.2) is 34.5 Å². The van der Waals surface area contributed by atoms with E-state index in [0.29, 0.717) is 0 Å². The van der Waals surface area contributed by atoms with Crippen molar-refractivity contribution in [3.05, 3.63) is 45.1 Å². The highest BCUT2D eigenvalue weighted by atomic mass is 79.9. The Bertz CT molecular complexity index is 441. The number of ether oxygens (including phenoxy) is 1. The van der Waals surface area contributed by atoms with Crippen LogP contribution >= 0.6 is 27.5 Å². The Morgan fingerprint density at radius 1 is 1.42 bits per heavy atom. The second kappa shape index (κ2) is 7.32. The Kier molecular flexibility index (Phi) is 5.74. The molecule has 4 heteroatoms. The average molecular weight is 345 g/mol. The second-order valence-corrected chi connectivity index (χ2v) is 6.04. The molecule has 0 spiro atoms. The molecule has 2 nitrogen and oxygen atoms in total. The SMILES string of the molecule is CCCNC(C1=CCCCO1)c1cc(Cl)cc(Br)c1. The quantitative estimate of drug-likeness (QED) is 0.825. The van der Waals surface area contributed by atoms with Gasteiger partial charge in [-0.2, -0.15) is 0 Å². The largest absolute Gasteiger partial charge is 0.496 e. The lowest BCUT2D eigenvalue weighted by molar-refractivity contribution is 0.167. The third-order valence-corrected chi connectivity index (χ3v) is 3.74. The van der Waals surface area contributed by atoms with E-state index in [0.717, 1.165) is 53.2 Å². The molecular weight excluding hydrogens is 326 g/mol. The minimum absolute atomic E-state index is 0.0928. The van der Waals surface area contributed by atoms with E-state index < -0.39 is 0 Å². The van der Waals surface area contributed by atoms with Gasteiger partial charge in [0.2, 0.25) is 0 Å². The van der Waals surface area contributed by atoms with Crippen LogP contribution in [0.3, 0.4) is 0 Å². The zero-order valence-corrected chi connectivity index (χ0v) is 13.4. The van der Waals surface area contributed by atoms with Crippen LogP contribution in [0.25, 0.3) is 0 Å². The molecule has 0 radical (unpaired) electrons. The lowest BCUT2D eigenvalue weighted by Crippen LogP contribution is -2.26. The number of hydrogen-bond acceptors (Lipinski definition) is 2. The summed E-state index contributed by atoms with van der Waals surface area (Å²) in [6.07, 6.45) is 5.46. The first-order chi connectivity index (χ1) is 9.20. The monoisotopic (exact) mass is 343 g/mol. The molecule has 1 aliphatic rings. The summed E-state index contributed by atoms with van der Waals surface area (Å²) in [5.41, 5.74) is 1.14. The maximum atomic E-state index is 6.15. The molecule has 0 saturated heterocycles. The second-order valence-electron chi connectivity index (χ2n) is 4.69. The van der Waals surface area contributed by atoms with Crippen molar-refractivity contribution in [3.63, 3.8) is 0 Å². The lowest BCUT2D eigenvalue weighted by atomic mass is 10.0. The Balaban J connectivity index is 2.27. The molecule has 0 aliphatic carbocycles. The highest BCUT2D eigenvalue weighted by Gasteiger charge is 2.20. The van der Waals surface area contributed by atoms with Gasteiger partial charge in [0.15, 0.2) is 0 Å². The lowest BCUT2D eigenvalue weighted by Gasteiger charge is -2.25. The van der Waals surface area contributed by atoms with Gasteiger partial charge in [-0.1, -0.05) is 34.5 Å². The number of rotatable bonds is 5. The summed E-state index contributed by atoms with van der Waals surface area (Å²) in [6.45, 7) is 3.92. The maximum absolute atomic E-state index is 6.15. The van der Waals surface area contributed by atoms with Crippen molar-refractivity contribution >= 4 is 27.5 Å². The van der Waals surface area contributed by atoms with Crippen LogP contribution < -0.4 is 5.32 Å². The summed E-state index contributed by atoms with van der Waals surface area (Å²) < 4.78 is 6.81. The molecule has 1 unspecified atom stereocenters. The van der Waals surface area contributed by atoms with Gasteiger partial charge in [-0.15, -0.1) is 0 Å². The summed E-state index contributed by atoms with van der Waals surface area (Å²) in [5.74, 6) is 1.02. The number of hydrogen-bond donors (Lipinski definition) is 1. The van der Waals surface area contributed by atoms with Crippen LogP contribution in [0, 0.1) is 0 Å². The van der Waals surface area contributed by atoms with E-state index >= 15 is 0 Å². The smallest absolute Gasteiger partial charge is 0.113 e. The van der Waals surface area contributed by atoms with Crippen LogP contribution in [0.1, 0.15) is 37.8 Å². The summed E-state index contributed by atoms with van der Waals surface area (Å²) in [6, 6.07) is 6.09. The first kappa shape index (κ1) is 14.9. The zero-order valence-electron chi connectivity index (χ0n) is 11.1. The molecule has 0 fully saturated rings. The summed E-state index contributed by atoms with van der Waals surface area (Å²) in [5, 5.41) is 4.28. The van der Waals surface area contributed by atoms with Gasteiger partial charge in [-0.05, 0) is 55.6 Å². The molecular formula is C15H19BrClNO. The van der Waals surface area contributed by atoms with Gasteiger partial charge < -0.3 is 10.1 Å². The van der Waals surface area contributed by atoms with Crippen LogP contribution in [-0.2, 0) is 4.74 Å². The Morgan fingerprint density at radius 3 is 2.89 bits per heavy atom. The van der Waals surface area contributed by atoms with E-state index in [1.165, 1.54) is 0 Å². The standard InChI is InChI=1S/C15H19BrClNO/c1-2-6-18-15(14-5-3-4-7-19-14)11-8-12(16)10-13(17)9-11/h5,8-10,15,18H,2-4,6-7H2,1H3. The number of halogens is 2. The molecule has 0 amide bonds. The van der Waals surface area contributed by atoms with Crippen molar-refractivity contribution in [2.75, 3.05) is 13.2 Å². The molecule has 1 aromatic rings. The van der Waals surface area contributed by atoms with Gasteiger partial charge >= 0.3 is 0 Å². The highest BCUT2D eigenvalue weighted by molar-refractivity contribution is 9.10. The van der Waals surface area contributed by atoms with E-state index in [-0.39, 0.29) is 6.04 Å². The molecule has 1 N–H and O–H groups in total. The summed E-state index contributed by atoms with van der Waals surface area (Å²) in [7, 11) is 0. The van der Waals surface area contributed by atoms with E-state index in [4.69, 9.17) is 16.3 Å². The normalized spacial score (nSPS) is 16.7. The third-order valence-electron chi connectivity index (χ3n) is 3.06. The average Bonchev–Trinajstić information content (AvgIpc) is 2.39. The molecule has 1 atom stereocenters. The van der Waals surface area contributed by atoms with Gasteiger partial charge in [-0.3, -0.25) is 0 Å². The molecule has 19 heavy (non-hydrogen) atoms. The van der Waals surface area contributed by atoms with Gasteiger partial charge in [0.1, 0.15) is 5.76 Å². The van der Waals surface area contributed by atoms with Crippen molar-refractivity contribution in [2.24, 2.45) is 0 Å². The molecule has 104 valence electrons. The Morgan fingerprint density at radius 2 is 2.26 bits per heavy atom. The molecule has 2 rings (SSSR count). The maximum Gasteiger partial charge on any atom is 0.113 e. The first-order valence-corrected chi connectivity index (χ1v) is 7.90. The fraction of sp³-hybridized carbons (Fsp3) is 0.467. The van der Waals surface area contributed by atoms with Crippen molar-refractivity contribution in [3.8, 4) is 0 Å². The van der Waals surface area contributed by atoms with Crippen molar-refractivity contribution in [1.82, 2.24) is 5.32 Å². The van der Waals surface area contributed by atoms with Gasteiger partial charge in [-0.25, -0.2) is 0 Å². The minimum Gasteiger partial charge on any atom is -0.496 e. The molecule has 1 aliphatic heterocycles. The fourth-order valence-electron chi connectivity index (χ4n) is 2.19. The predicted octanol–water partition coefficient (Wildman–Crippen LogP) is 4.84. The van der Waals surface area contributed by atoms with Gasteiger partial charge in [0, 0.05) is 9.50 Å². The molecule has 1 aromatic carbocycles. The van der Waals surface area contributed by atoms with Crippen molar-refractivity contribution in [2.45, 2.75) is 32.2 Å². The highest BCUT2D eigenvalue weighted by Crippen LogP contribution is 2.30. The first-order valence-electron chi connectivity index (χ1n) is 6.73. The molecule has 0 aromatic heterocycles. The van der Waals surface area contributed by atoms with Gasteiger partial charge in [0.25, 0.3) is 0 Å². The van der Waals surface area contributed by atoms with Crippen LogP contribution in [0.4, 0.5) is 0 Å². The van der Waals surface area contributed by atoms with Crippen LogP contribution in [0.5, 0.6) is 0 Å². The number of allylic oxidation sites excluding steroid dienone is 1. The van der Waals surface area contributed by atoms with E-state index in [1.54, 1.807) is 0 Å². The van der Waals surface area contributed by atoms with E-state index in [2.05, 4.69) is 40.3 Å². The Hall–Kier alpha value is -0.510. The summed E-state index contributed by atoms with van der Waals surface area (Å²) in [4.78, 5) is 0. The van der Waals surface area contributed by atoms with Crippen molar-refractivity contribution in [1.29, 1.82) is 0 Å². The number of nitrogens with one attached hydrogen (secondary N) is 1. The molecule has 0 bridgehead atoms. The zero-order chi connectivity index (χ0) is 13.7. The minimum atomic E-state index is 0.0928. The van der Waals surface area contributed by atoms with Crippen molar-refractivity contribution < 1.29 is 4.74 Å². The third kappa shape index (κ3) is 4.23. The predicted molar refractivity (Wildman–Crippen MR) is 83.5 cm³/mol. The van der Waals surface area contributed by atoms with Crippen LogP contribution in [0.2, 0.25) is 5.02 Å². The van der Waals surface area contributed by atoms with Gasteiger partial charge in [0.05, 0.1) is 12.6 Å². The van der Waals surface area contributed by atoms with Crippen LogP contribution in [-0.4, -0.2) is 13.2 Å². The topological polar surface area (TPSA) is 21.3 Å². The molecule has 0 saturated carbocycles. The molecule has 1 heterocycles. The Labute approximate surface area is 128 Å².